The van der Waals surface area contributed by atoms with E-state index in [1.165, 1.54) is 0 Å². The molecule has 1 rings (SSSR count). The first kappa shape index (κ1) is 13.8. The normalized spacial score (nSPS) is 14.4. The van der Waals surface area contributed by atoms with Crippen molar-refractivity contribution < 1.29 is 9.53 Å². The number of carbonyl (C=O) groups is 1. The third-order valence-electron chi connectivity index (χ3n) is 3.12. The Morgan fingerprint density at radius 2 is 1.88 bits per heavy atom. The first-order valence-electron chi connectivity index (χ1n) is 6.23. The Morgan fingerprint density at radius 3 is 2.35 bits per heavy atom. The molecule has 17 heavy (non-hydrogen) atoms. The first-order chi connectivity index (χ1) is 8.00. The zero-order valence-corrected chi connectivity index (χ0v) is 11.2. The summed E-state index contributed by atoms with van der Waals surface area (Å²) in [5, 5.41) is 0. The SMILES string of the molecule is CCC(C)(C(=O)OCC(C)C)c1ccccc1. The predicted octanol–water partition coefficient (Wildman–Crippen LogP) is 3.55. The molecule has 1 atom stereocenters. The number of benzene rings is 1. The summed E-state index contributed by atoms with van der Waals surface area (Å²) in [4.78, 5) is 12.2. The zero-order valence-electron chi connectivity index (χ0n) is 11.2. The van der Waals surface area contributed by atoms with E-state index < -0.39 is 5.41 Å². The van der Waals surface area contributed by atoms with Gasteiger partial charge in [-0.1, -0.05) is 51.1 Å². The summed E-state index contributed by atoms with van der Waals surface area (Å²) in [5.74, 6) is 0.246. The van der Waals surface area contributed by atoms with Gasteiger partial charge < -0.3 is 4.74 Å². The lowest BCUT2D eigenvalue weighted by atomic mass is 9.80. The van der Waals surface area contributed by atoms with Gasteiger partial charge in [-0.05, 0) is 24.8 Å². The van der Waals surface area contributed by atoms with Crippen molar-refractivity contribution in [2.24, 2.45) is 5.92 Å². The van der Waals surface area contributed by atoms with Crippen molar-refractivity contribution in [2.45, 2.75) is 39.5 Å². The standard InChI is InChI=1S/C15H22O2/c1-5-15(4,13-9-7-6-8-10-13)14(16)17-11-12(2)3/h6-10,12H,5,11H2,1-4H3. The summed E-state index contributed by atoms with van der Waals surface area (Å²) in [6.45, 7) is 8.54. The molecule has 0 heterocycles. The van der Waals surface area contributed by atoms with Crippen LogP contribution in [0.1, 0.15) is 39.7 Å². The van der Waals surface area contributed by atoms with E-state index >= 15 is 0 Å². The van der Waals surface area contributed by atoms with Gasteiger partial charge in [-0.15, -0.1) is 0 Å². The maximum absolute atomic E-state index is 12.2. The summed E-state index contributed by atoms with van der Waals surface area (Å²) >= 11 is 0. The number of esters is 1. The molecular formula is C15H22O2. The summed E-state index contributed by atoms with van der Waals surface area (Å²) < 4.78 is 5.37. The molecule has 0 fully saturated rings. The van der Waals surface area contributed by atoms with Crippen LogP contribution in [0.2, 0.25) is 0 Å². The third-order valence-corrected chi connectivity index (χ3v) is 3.12. The van der Waals surface area contributed by atoms with Crippen LogP contribution < -0.4 is 0 Å². The van der Waals surface area contributed by atoms with Crippen LogP contribution >= 0.6 is 0 Å². The fourth-order valence-corrected chi connectivity index (χ4v) is 1.67. The minimum absolute atomic E-state index is 0.125. The van der Waals surface area contributed by atoms with Gasteiger partial charge in [0.05, 0.1) is 12.0 Å². The highest BCUT2D eigenvalue weighted by molar-refractivity contribution is 5.82. The number of carbonyl (C=O) groups excluding carboxylic acids is 1. The zero-order chi connectivity index (χ0) is 12.9. The molecule has 0 aliphatic rings. The minimum Gasteiger partial charge on any atom is -0.465 e. The molecule has 0 saturated heterocycles. The van der Waals surface area contributed by atoms with Gasteiger partial charge in [0.1, 0.15) is 0 Å². The highest BCUT2D eigenvalue weighted by atomic mass is 16.5. The van der Waals surface area contributed by atoms with Crippen molar-refractivity contribution in [2.75, 3.05) is 6.61 Å². The fraction of sp³-hybridized carbons (Fsp3) is 0.533. The second-order valence-electron chi connectivity index (χ2n) is 5.04. The third kappa shape index (κ3) is 3.32. The summed E-state index contributed by atoms with van der Waals surface area (Å²) in [6.07, 6.45) is 0.744. The summed E-state index contributed by atoms with van der Waals surface area (Å²) in [5.41, 5.74) is 0.493. The van der Waals surface area contributed by atoms with E-state index in [4.69, 9.17) is 4.74 Å². The van der Waals surface area contributed by atoms with Crippen LogP contribution in [0.25, 0.3) is 0 Å². The van der Waals surface area contributed by atoms with Crippen molar-refractivity contribution in [3.8, 4) is 0 Å². The lowest BCUT2D eigenvalue weighted by Crippen LogP contribution is -2.34. The van der Waals surface area contributed by atoms with Crippen LogP contribution in [0, 0.1) is 5.92 Å². The van der Waals surface area contributed by atoms with Crippen LogP contribution in [-0.4, -0.2) is 12.6 Å². The smallest absolute Gasteiger partial charge is 0.316 e. The van der Waals surface area contributed by atoms with Crippen molar-refractivity contribution in [1.29, 1.82) is 0 Å². The number of ether oxygens (including phenoxy) is 1. The van der Waals surface area contributed by atoms with Gasteiger partial charge in [0, 0.05) is 0 Å². The molecule has 1 aromatic carbocycles. The average Bonchev–Trinajstić information content (AvgIpc) is 2.35. The molecule has 0 spiro atoms. The monoisotopic (exact) mass is 234 g/mol. The molecule has 0 aromatic heterocycles. The molecule has 94 valence electrons. The van der Waals surface area contributed by atoms with Crippen molar-refractivity contribution >= 4 is 5.97 Å². The molecule has 0 radical (unpaired) electrons. The molecule has 0 aliphatic heterocycles. The Morgan fingerprint density at radius 1 is 1.29 bits per heavy atom. The van der Waals surface area contributed by atoms with Gasteiger partial charge in [0.25, 0.3) is 0 Å². The highest BCUT2D eigenvalue weighted by Crippen LogP contribution is 2.29. The number of hydrogen-bond donors (Lipinski definition) is 0. The van der Waals surface area contributed by atoms with Crippen LogP contribution in [0.5, 0.6) is 0 Å². The molecule has 0 amide bonds. The number of hydrogen-bond acceptors (Lipinski definition) is 2. The minimum atomic E-state index is -0.532. The molecule has 0 N–H and O–H groups in total. The van der Waals surface area contributed by atoms with Crippen molar-refractivity contribution in [3.05, 3.63) is 35.9 Å². The number of rotatable bonds is 5. The van der Waals surface area contributed by atoms with E-state index in [-0.39, 0.29) is 5.97 Å². The Bertz CT molecular complexity index is 356. The van der Waals surface area contributed by atoms with Gasteiger partial charge in [-0.25, -0.2) is 0 Å². The van der Waals surface area contributed by atoms with Crippen LogP contribution in [0.3, 0.4) is 0 Å². The second kappa shape index (κ2) is 5.85. The lowest BCUT2D eigenvalue weighted by molar-refractivity contribution is -0.151. The summed E-state index contributed by atoms with van der Waals surface area (Å²) in [7, 11) is 0. The Kier molecular flexibility index (Phi) is 4.73. The van der Waals surface area contributed by atoms with Gasteiger partial charge >= 0.3 is 5.97 Å². The maximum atomic E-state index is 12.2. The van der Waals surface area contributed by atoms with Crippen molar-refractivity contribution in [1.82, 2.24) is 0 Å². The molecule has 2 nitrogen and oxygen atoms in total. The molecule has 2 heteroatoms. The molecule has 0 saturated carbocycles. The summed E-state index contributed by atoms with van der Waals surface area (Å²) in [6, 6.07) is 9.84. The molecular weight excluding hydrogens is 212 g/mol. The molecule has 1 unspecified atom stereocenters. The maximum Gasteiger partial charge on any atom is 0.316 e. The van der Waals surface area contributed by atoms with Gasteiger partial charge in [0.15, 0.2) is 0 Å². The molecule has 1 aromatic rings. The highest BCUT2D eigenvalue weighted by Gasteiger charge is 2.34. The van der Waals surface area contributed by atoms with E-state index in [9.17, 15) is 4.79 Å². The van der Waals surface area contributed by atoms with Gasteiger partial charge in [0.2, 0.25) is 0 Å². The largest absolute Gasteiger partial charge is 0.465 e. The van der Waals surface area contributed by atoms with Crippen molar-refractivity contribution in [3.63, 3.8) is 0 Å². The average molecular weight is 234 g/mol. The second-order valence-corrected chi connectivity index (χ2v) is 5.04. The van der Waals surface area contributed by atoms with E-state index in [0.29, 0.717) is 12.5 Å². The van der Waals surface area contributed by atoms with Crippen LogP contribution in [0.15, 0.2) is 30.3 Å². The molecule has 0 aliphatic carbocycles. The quantitative estimate of drug-likeness (QED) is 0.728. The lowest BCUT2D eigenvalue weighted by Gasteiger charge is -2.26. The van der Waals surface area contributed by atoms with Gasteiger partial charge in [-0.2, -0.15) is 0 Å². The van der Waals surface area contributed by atoms with E-state index in [1.807, 2.05) is 58.0 Å². The van der Waals surface area contributed by atoms with E-state index in [1.54, 1.807) is 0 Å². The Labute approximate surface area is 104 Å². The van der Waals surface area contributed by atoms with Crippen LogP contribution in [-0.2, 0) is 14.9 Å². The van der Waals surface area contributed by atoms with Gasteiger partial charge in [-0.3, -0.25) is 4.79 Å². The molecule has 0 bridgehead atoms. The first-order valence-corrected chi connectivity index (χ1v) is 6.23. The fourth-order valence-electron chi connectivity index (χ4n) is 1.67. The van der Waals surface area contributed by atoms with E-state index in [0.717, 1.165) is 12.0 Å². The van der Waals surface area contributed by atoms with Crippen LogP contribution in [0.4, 0.5) is 0 Å². The topological polar surface area (TPSA) is 26.3 Å². The van der Waals surface area contributed by atoms with E-state index in [2.05, 4.69) is 0 Å². The predicted molar refractivity (Wildman–Crippen MR) is 69.9 cm³/mol. The Hall–Kier alpha value is -1.31. The Balaban J connectivity index is 2.85.